The predicted molar refractivity (Wildman–Crippen MR) is 108 cm³/mol. The second-order valence-corrected chi connectivity index (χ2v) is 7.80. The molecule has 1 aliphatic carbocycles. The molecule has 2 fully saturated rings. The van der Waals surface area contributed by atoms with Crippen LogP contribution >= 0.6 is 0 Å². The third-order valence-electron chi connectivity index (χ3n) is 5.96. The summed E-state index contributed by atoms with van der Waals surface area (Å²) in [5.74, 6) is -0.101. The molecule has 150 valence electrons. The minimum atomic E-state index is -0.221. The summed E-state index contributed by atoms with van der Waals surface area (Å²) in [6, 6.07) is 7.34. The average molecular weight is 383 g/mol. The Bertz CT molecular complexity index is 751. The SMILES string of the molecule is C=CC(=O)NCc1ccc(C(=O)N2CCN(C(C)=O)C3(CCCCC3)C2)cc1. The number of carbonyl (C=O) groups excluding carboxylic acids is 3. The highest BCUT2D eigenvalue weighted by atomic mass is 16.2. The van der Waals surface area contributed by atoms with E-state index in [1.807, 2.05) is 34.1 Å². The Morgan fingerprint density at radius 3 is 2.39 bits per heavy atom. The van der Waals surface area contributed by atoms with Crippen LogP contribution in [0.5, 0.6) is 0 Å². The lowest BCUT2D eigenvalue weighted by Gasteiger charge is -2.52. The lowest BCUT2D eigenvalue weighted by atomic mass is 9.78. The highest BCUT2D eigenvalue weighted by Gasteiger charge is 2.44. The van der Waals surface area contributed by atoms with Gasteiger partial charge in [-0.1, -0.05) is 38.0 Å². The number of rotatable bonds is 4. The van der Waals surface area contributed by atoms with Crippen LogP contribution in [-0.2, 0) is 16.1 Å². The zero-order valence-electron chi connectivity index (χ0n) is 16.6. The first-order valence-electron chi connectivity index (χ1n) is 10.0. The smallest absolute Gasteiger partial charge is 0.253 e. The van der Waals surface area contributed by atoms with Crippen molar-refractivity contribution < 1.29 is 14.4 Å². The van der Waals surface area contributed by atoms with Crippen molar-refractivity contribution in [2.75, 3.05) is 19.6 Å². The van der Waals surface area contributed by atoms with Crippen LogP contribution in [0.15, 0.2) is 36.9 Å². The van der Waals surface area contributed by atoms with E-state index >= 15 is 0 Å². The molecule has 6 heteroatoms. The number of amides is 3. The van der Waals surface area contributed by atoms with Crippen molar-refractivity contribution in [2.45, 2.75) is 51.1 Å². The summed E-state index contributed by atoms with van der Waals surface area (Å²) >= 11 is 0. The molecule has 2 aliphatic rings. The maximum absolute atomic E-state index is 13.1. The molecule has 3 amide bonds. The van der Waals surface area contributed by atoms with Gasteiger partial charge in [0.05, 0.1) is 5.54 Å². The van der Waals surface area contributed by atoms with Crippen LogP contribution in [0, 0.1) is 0 Å². The van der Waals surface area contributed by atoms with E-state index in [4.69, 9.17) is 0 Å². The van der Waals surface area contributed by atoms with Crippen molar-refractivity contribution in [3.8, 4) is 0 Å². The van der Waals surface area contributed by atoms with Crippen LogP contribution < -0.4 is 5.32 Å². The van der Waals surface area contributed by atoms with Crippen molar-refractivity contribution in [2.24, 2.45) is 0 Å². The molecule has 3 rings (SSSR count). The topological polar surface area (TPSA) is 69.7 Å². The van der Waals surface area contributed by atoms with E-state index in [0.717, 1.165) is 31.2 Å². The minimum Gasteiger partial charge on any atom is -0.348 e. The fourth-order valence-electron chi connectivity index (χ4n) is 4.49. The lowest BCUT2D eigenvalue weighted by molar-refractivity contribution is -0.141. The van der Waals surface area contributed by atoms with Gasteiger partial charge in [-0.25, -0.2) is 0 Å². The number of nitrogens with one attached hydrogen (secondary N) is 1. The maximum Gasteiger partial charge on any atom is 0.253 e. The maximum atomic E-state index is 13.1. The van der Waals surface area contributed by atoms with Gasteiger partial charge in [0.15, 0.2) is 0 Å². The molecular weight excluding hydrogens is 354 g/mol. The van der Waals surface area contributed by atoms with E-state index in [1.54, 1.807) is 6.92 Å². The molecule has 1 N–H and O–H groups in total. The number of benzene rings is 1. The van der Waals surface area contributed by atoms with Gasteiger partial charge in [-0.2, -0.15) is 0 Å². The second kappa shape index (κ2) is 8.59. The standard InChI is InChI=1S/C22H29N3O3/c1-3-20(27)23-15-18-7-9-19(10-8-18)21(28)24-13-14-25(17(2)26)22(16-24)11-5-4-6-12-22/h3,7-10H,1,4-6,11-16H2,2H3,(H,23,27). The van der Waals surface area contributed by atoms with Crippen LogP contribution in [0.3, 0.4) is 0 Å². The summed E-state index contributed by atoms with van der Waals surface area (Å²) in [4.78, 5) is 40.4. The van der Waals surface area contributed by atoms with Crippen LogP contribution in [0.25, 0.3) is 0 Å². The van der Waals surface area contributed by atoms with Gasteiger partial charge < -0.3 is 15.1 Å². The van der Waals surface area contributed by atoms with Crippen LogP contribution in [0.1, 0.15) is 54.9 Å². The predicted octanol–water partition coefficient (Wildman–Crippen LogP) is 2.50. The number of hydrogen-bond donors (Lipinski definition) is 1. The minimum absolute atomic E-state index is 0.00910. The zero-order chi connectivity index (χ0) is 20.1. The number of piperazine rings is 1. The Labute approximate surface area is 166 Å². The van der Waals surface area contributed by atoms with Crippen molar-refractivity contribution in [3.05, 3.63) is 48.0 Å². The summed E-state index contributed by atoms with van der Waals surface area (Å²) in [7, 11) is 0. The summed E-state index contributed by atoms with van der Waals surface area (Å²) < 4.78 is 0. The molecule has 0 atom stereocenters. The third kappa shape index (κ3) is 4.26. The highest BCUT2D eigenvalue weighted by molar-refractivity contribution is 5.94. The molecule has 1 aromatic carbocycles. The molecule has 1 aromatic rings. The Kier molecular flexibility index (Phi) is 6.17. The Hall–Kier alpha value is -2.63. The summed E-state index contributed by atoms with van der Waals surface area (Å²) in [5.41, 5.74) is 1.37. The molecule has 1 spiro atoms. The Morgan fingerprint density at radius 2 is 1.79 bits per heavy atom. The number of carbonyl (C=O) groups is 3. The van der Waals surface area contributed by atoms with Gasteiger partial charge in [0.2, 0.25) is 11.8 Å². The van der Waals surface area contributed by atoms with Gasteiger partial charge in [0.25, 0.3) is 5.91 Å². The van der Waals surface area contributed by atoms with Gasteiger partial charge in [-0.3, -0.25) is 14.4 Å². The summed E-state index contributed by atoms with van der Waals surface area (Å²) in [6.45, 7) is 7.25. The largest absolute Gasteiger partial charge is 0.348 e. The van der Waals surface area contributed by atoms with Crippen LogP contribution in [0.4, 0.5) is 0 Å². The van der Waals surface area contributed by atoms with Gasteiger partial charge >= 0.3 is 0 Å². The Morgan fingerprint density at radius 1 is 1.11 bits per heavy atom. The summed E-state index contributed by atoms with van der Waals surface area (Å²) in [5, 5.41) is 2.73. The molecule has 0 bridgehead atoms. The van der Waals surface area contributed by atoms with E-state index in [1.165, 1.54) is 12.5 Å². The first-order chi connectivity index (χ1) is 13.4. The normalized spacial score (nSPS) is 18.6. The van der Waals surface area contributed by atoms with Gasteiger partial charge in [0, 0.05) is 38.7 Å². The molecule has 28 heavy (non-hydrogen) atoms. The molecular formula is C22H29N3O3. The molecule has 1 saturated carbocycles. The quantitative estimate of drug-likeness (QED) is 0.812. The lowest BCUT2D eigenvalue weighted by Crippen LogP contribution is -2.65. The second-order valence-electron chi connectivity index (χ2n) is 7.80. The average Bonchev–Trinajstić information content (AvgIpc) is 2.72. The molecule has 0 radical (unpaired) electrons. The molecule has 1 aliphatic heterocycles. The summed E-state index contributed by atoms with van der Waals surface area (Å²) in [6.07, 6.45) is 6.59. The van der Waals surface area contributed by atoms with E-state index in [0.29, 0.717) is 31.7 Å². The van der Waals surface area contributed by atoms with E-state index in [9.17, 15) is 14.4 Å². The monoisotopic (exact) mass is 383 g/mol. The first kappa shape index (κ1) is 20.1. The van der Waals surface area contributed by atoms with Gasteiger partial charge in [0.1, 0.15) is 0 Å². The van der Waals surface area contributed by atoms with Crippen LogP contribution in [-0.4, -0.2) is 52.7 Å². The van der Waals surface area contributed by atoms with E-state index in [2.05, 4.69) is 11.9 Å². The van der Waals surface area contributed by atoms with Crippen molar-refractivity contribution in [1.29, 1.82) is 0 Å². The fraction of sp³-hybridized carbons (Fsp3) is 0.500. The molecule has 6 nitrogen and oxygen atoms in total. The van der Waals surface area contributed by atoms with Gasteiger partial charge in [-0.05, 0) is 36.6 Å². The molecule has 0 aromatic heterocycles. The van der Waals surface area contributed by atoms with Crippen molar-refractivity contribution in [1.82, 2.24) is 15.1 Å². The molecule has 1 heterocycles. The number of hydrogen-bond acceptors (Lipinski definition) is 3. The van der Waals surface area contributed by atoms with Gasteiger partial charge in [-0.15, -0.1) is 0 Å². The number of nitrogens with zero attached hydrogens (tertiary/aromatic N) is 2. The fourth-order valence-corrected chi connectivity index (χ4v) is 4.49. The van der Waals surface area contributed by atoms with E-state index in [-0.39, 0.29) is 23.3 Å². The van der Waals surface area contributed by atoms with Crippen molar-refractivity contribution >= 4 is 17.7 Å². The third-order valence-corrected chi connectivity index (χ3v) is 5.96. The van der Waals surface area contributed by atoms with E-state index < -0.39 is 0 Å². The molecule has 0 unspecified atom stereocenters. The highest BCUT2D eigenvalue weighted by Crippen LogP contribution is 2.37. The Balaban J connectivity index is 1.69. The molecule has 1 saturated heterocycles. The van der Waals surface area contributed by atoms with Crippen molar-refractivity contribution in [3.63, 3.8) is 0 Å². The van der Waals surface area contributed by atoms with Crippen LogP contribution in [0.2, 0.25) is 0 Å². The zero-order valence-corrected chi connectivity index (χ0v) is 16.6. The first-order valence-corrected chi connectivity index (χ1v) is 10.0.